The van der Waals surface area contributed by atoms with Gasteiger partial charge in [-0.2, -0.15) is 0 Å². The third kappa shape index (κ3) is 2.09. The predicted molar refractivity (Wildman–Crippen MR) is 67.1 cm³/mol. The highest BCUT2D eigenvalue weighted by Crippen LogP contribution is 2.33. The Morgan fingerprint density at radius 1 is 1.35 bits per heavy atom. The molecule has 1 aromatic heterocycles. The number of anilines is 1. The van der Waals surface area contributed by atoms with Gasteiger partial charge in [-0.05, 0) is 0 Å². The second kappa shape index (κ2) is 5.11. The number of rotatable bonds is 2. The minimum absolute atomic E-state index is 0.237. The normalized spacial score (nSPS) is 36.5. The minimum Gasteiger partial charge on any atom is -0.394 e. The van der Waals surface area contributed by atoms with Gasteiger partial charge in [0.05, 0.1) is 25.0 Å². The number of hydrogen-bond donors (Lipinski definition) is 5. The molecule has 0 bridgehead atoms. The lowest BCUT2D eigenvalue weighted by Crippen LogP contribution is -2.33. The van der Waals surface area contributed by atoms with Gasteiger partial charge in [0.1, 0.15) is 24.1 Å². The van der Waals surface area contributed by atoms with Crippen molar-refractivity contribution in [3.63, 3.8) is 0 Å². The van der Waals surface area contributed by atoms with Crippen LogP contribution in [0.25, 0.3) is 0 Å². The molecule has 3 heterocycles. The zero-order chi connectivity index (χ0) is 14.3. The maximum atomic E-state index is 10.0. The largest absolute Gasteiger partial charge is 0.394 e. The SMILES string of the molecule is OCC1OC(n2cnc3c2NC=NC(O)C3)C(O)C1O. The fraction of sp³-hybridized carbons (Fsp3) is 0.636. The highest BCUT2D eigenvalue weighted by atomic mass is 16.6. The molecule has 0 spiro atoms. The monoisotopic (exact) mass is 284 g/mol. The van der Waals surface area contributed by atoms with Crippen LogP contribution in [0.1, 0.15) is 11.9 Å². The van der Waals surface area contributed by atoms with Gasteiger partial charge in [-0.15, -0.1) is 0 Å². The minimum atomic E-state index is -1.18. The zero-order valence-electron chi connectivity index (χ0n) is 10.5. The molecule has 2 aliphatic heterocycles. The summed E-state index contributed by atoms with van der Waals surface area (Å²) in [6.07, 6.45) is -1.92. The summed E-state index contributed by atoms with van der Waals surface area (Å²) in [7, 11) is 0. The summed E-state index contributed by atoms with van der Waals surface area (Å²) >= 11 is 0. The topological polar surface area (TPSA) is 132 Å². The standard InChI is InChI=1S/C11H16N4O5/c16-2-6-8(18)9(19)11(20-6)15-4-14-5-1-7(17)12-3-13-10(5)15/h3-4,6-9,11,16-19H,1-2H2,(H,12,13). The fourth-order valence-corrected chi connectivity index (χ4v) is 2.42. The first kappa shape index (κ1) is 13.5. The number of aliphatic hydroxyl groups is 4. The van der Waals surface area contributed by atoms with Gasteiger partial charge in [-0.3, -0.25) is 4.57 Å². The van der Waals surface area contributed by atoms with Gasteiger partial charge in [0.2, 0.25) is 0 Å². The fourth-order valence-electron chi connectivity index (χ4n) is 2.42. The molecule has 110 valence electrons. The average Bonchev–Trinajstić information content (AvgIpc) is 2.87. The Hall–Kier alpha value is -1.52. The van der Waals surface area contributed by atoms with Gasteiger partial charge in [-0.1, -0.05) is 0 Å². The third-order valence-electron chi connectivity index (χ3n) is 3.48. The van der Waals surface area contributed by atoms with Crippen molar-refractivity contribution in [2.45, 2.75) is 37.2 Å². The van der Waals surface area contributed by atoms with E-state index in [2.05, 4.69) is 15.3 Å². The molecule has 9 nitrogen and oxygen atoms in total. The molecule has 1 fully saturated rings. The number of nitrogens with one attached hydrogen (secondary N) is 1. The summed E-state index contributed by atoms with van der Waals surface area (Å²) in [5.41, 5.74) is 0.577. The molecule has 5 unspecified atom stereocenters. The molecule has 0 radical (unpaired) electrons. The first-order valence-electron chi connectivity index (χ1n) is 6.26. The number of aliphatic hydroxyl groups excluding tert-OH is 4. The van der Waals surface area contributed by atoms with E-state index in [1.165, 1.54) is 17.2 Å². The highest BCUT2D eigenvalue weighted by molar-refractivity contribution is 5.76. The second-order valence-corrected chi connectivity index (χ2v) is 4.78. The second-order valence-electron chi connectivity index (χ2n) is 4.78. The highest BCUT2D eigenvalue weighted by Gasteiger charge is 2.44. The lowest BCUT2D eigenvalue weighted by molar-refractivity contribution is -0.0518. The first-order valence-corrected chi connectivity index (χ1v) is 6.26. The van der Waals surface area contributed by atoms with Crippen LogP contribution in [0.2, 0.25) is 0 Å². The van der Waals surface area contributed by atoms with Crippen molar-refractivity contribution in [2.24, 2.45) is 4.99 Å². The van der Waals surface area contributed by atoms with E-state index in [0.29, 0.717) is 11.5 Å². The van der Waals surface area contributed by atoms with Gasteiger partial charge < -0.3 is 30.5 Å². The maximum absolute atomic E-state index is 10.0. The van der Waals surface area contributed by atoms with Crippen molar-refractivity contribution in [1.82, 2.24) is 9.55 Å². The molecule has 0 amide bonds. The van der Waals surface area contributed by atoms with Crippen LogP contribution in [-0.2, 0) is 11.2 Å². The number of nitrogens with zero attached hydrogens (tertiary/aromatic N) is 3. The van der Waals surface area contributed by atoms with Crippen LogP contribution in [0.4, 0.5) is 5.82 Å². The molecule has 0 saturated carbocycles. The van der Waals surface area contributed by atoms with E-state index in [1.807, 2.05) is 0 Å². The van der Waals surface area contributed by atoms with E-state index in [0.717, 1.165) is 0 Å². The molecule has 1 saturated heterocycles. The van der Waals surface area contributed by atoms with Crippen molar-refractivity contribution in [1.29, 1.82) is 0 Å². The Labute approximate surface area is 114 Å². The lowest BCUT2D eigenvalue weighted by Gasteiger charge is -2.18. The quantitative estimate of drug-likeness (QED) is 0.416. The van der Waals surface area contributed by atoms with Crippen LogP contribution in [0.3, 0.4) is 0 Å². The summed E-state index contributed by atoms with van der Waals surface area (Å²) in [6.45, 7) is -0.390. The molecule has 5 atom stereocenters. The number of aromatic nitrogens is 2. The van der Waals surface area contributed by atoms with E-state index in [9.17, 15) is 15.3 Å². The Morgan fingerprint density at radius 3 is 2.85 bits per heavy atom. The van der Waals surface area contributed by atoms with Crippen LogP contribution in [0, 0.1) is 0 Å². The van der Waals surface area contributed by atoms with Crippen molar-refractivity contribution >= 4 is 12.2 Å². The predicted octanol–water partition coefficient (Wildman–Crippen LogP) is -2.19. The zero-order valence-corrected chi connectivity index (χ0v) is 10.5. The number of imidazole rings is 1. The van der Waals surface area contributed by atoms with Gasteiger partial charge in [0.15, 0.2) is 12.5 Å². The molecule has 3 rings (SSSR count). The Bertz CT molecular complexity index is 519. The van der Waals surface area contributed by atoms with Gasteiger partial charge in [0.25, 0.3) is 0 Å². The Kier molecular flexibility index (Phi) is 3.44. The lowest BCUT2D eigenvalue weighted by atomic mass is 10.1. The van der Waals surface area contributed by atoms with Gasteiger partial charge >= 0.3 is 0 Å². The molecule has 2 aliphatic rings. The summed E-state index contributed by atoms with van der Waals surface area (Å²) in [6, 6.07) is 0. The van der Waals surface area contributed by atoms with E-state index >= 15 is 0 Å². The van der Waals surface area contributed by atoms with Gasteiger partial charge in [0, 0.05) is 6.42 Å². The number of fused-ring (bicyclic) bond motifs is 1. The van der Waals surface area contributed by atoms with E-state index < -0.39 is 30.8 Å². The molecule has 1 aromatic rings. The molecular weight excluding hydrogens is 268 g/mol. The summed E-state index contributed by atoms with van der Waals surface area (Å²) in [5, 5.41) is 41.3. The smallest absolute Gasteiger partial charge is 0.165 e. The van der Waals surface area contributed by atoms with Crippen LogP contribution in [0.15, 0.2) is 11.3 Å². The molecule has 0 aliphatic carbocycles. The Balaban J connectivity index is 1.91. The van der Waals surface area contributed by atoms with Crippen molar-refractivity contribution < 1.29 is 25.2 Å². The van der Waals surface area contributed by atoms with Crippen LogP contribution < -0.4 is 5.32 Å². The van der Waals surface area contributed by atoms with E-state index in [-0.39, 0.29) is 13.0 Å². The number of hydrogen-bond acceptors (Lipinski definition) is 8. The molecule has 5 N–H and O–H groups in total. The third-order valence-corrected chi connectivity index (χ3v) is 3.48. The molecule has 20 heavy (non-hydrogen) atoms. The molecular formula is C11H16N4O5. The van der Waals surface area contributed by atoms with Crippen LogP contribution in [-0.4, -0.2) is 67.5 Å². The van der Waals surface area contributed by atoms with Gasteiger partial charge in [-0.25, -0.2) is 9.98 Å². The summed E-state index contributed by atoms with van der Waals surface area (Å²) in [5.74, 6) is 0.528. The van der Waals surface area contributed by atoms with Crippen molar-refractivity contribution in [2.75, 3.05) is 11.9 Å². The van der Waals surface area contributed by atoms with E-state index in [1.54, 1.807) is 0 Å². The molecule has 0 aromatic carbocycles. The van der Waals surface area contributed by atoms with E-state index in [4.69, 9.17) is 9.84 Å². The number of aliphatic imine (C=N–C) groups is 1. The van der Waals surface area contributed by atoms with Crippen molar-refractivity contribution in [3.05, 3.63) is 12.0 Å². The number of ether oxygens (including phenoxy) is 1. The maximum Gasteiger partial charge on any atom is 0.165 e. The van der Waals surface area contributed by atoms with Crippen molar-refractivity contribution in [3.8, 4) is 0 Å². The Morgan fingerprint density at radius 2 is 2.15 bits per heavy atom. The van der Waals surface area contributed by atoms with Crippen LogP contribution in [0.5, 0.6) is 0 Å². The van der Waals surface area contributed by atoms with Crippen LogP contribution >= 0.6 is 0 Å². The summed E-state index contributed by atoms with van der Waals surface area (Å²) in [4.78, 5) is 7.96. The average molecular weight is 284 g/mol. The first-order chi connectivity index (χ1) is 9.61. The molecule has 9 heteroatoms. The summed E-state index contributed by atoms with van der Waals surface area (Å²) < 4.78 is 6.96.